The van der Waals surface area contributed by atoms with Gasteiger partial charge in [0.25, 0.3) is 0 Å². The molecule has 18 heteroatoms. The SMILES string of the molecule is CC(C)C1CCC(C(C)C)C1.CC(C)c1ccn(C(C)C)n1.CC(C)c1ccn(C(C)C)n1.CC(C)c1cn(C(C)C)cn1.CC(C)c1cn(C(C)C)cn1.CC(C)c1cn(C(C)C)nn1.CC(C)c1cn(C(C)C)nn1.CC(C)c1cnn(C(C)C)c1.CC(C)c1cnn(C(C)C)c1. The molecular formula is C81H148N18. The molecule has 0 saturated heterocycles. The fourth-order valence-electron chi connectivity index (χ4n) is 9.51. The van der Waals surface area contributed by atoms with Crippen LogP contribution >= 0.6 is 0 Å². The van der Waals surface area contributed by atoms with E-state index >= 15 is 0 Å². The Morgan fingerprint density at radius 3 is 0.717 bits per heavy atom. The predicted octanol–water partition coefficient (Wildman–Crippen LogP) is 23.2. The first-order chi connectivity index (χ1) is 46.0. The minimum absolute atomic E-state index is 0.412. The minimum Gasteiger partial charge on any atom is -0.335 e. The van der Waals surface area contributed by atoms with Gasteiger partial charge in [0.2, 0.25) is 0 Å². The summed E-state index contributed by atoms with van der Waals surface area (Å²) < 4.78 is 16.0. The zero-order valence-corrected chi connectivity index (χ0v) is 69.8. The minimum atomic E-state index is 0.412. The molecule has 0 amide bonds. The summed E-state index contributed by atoms with van der Waals surface area (Å²) in [5.41, 5.74) is 9.49. The van der Waals surface area contributed by atoms with Crippen LogP contribution in [-0.2, 0) is 0 Å². The van der Waals surface area contributed by atoms with Crippen LogP contribution in [0.25, 0.3) is 0 Å². The van der Waals surface area contributed by atoms with Gasteiger partial charge in [-0.15, -0.1) is 10.2 Å². The van der Waals surface area contributed by atoms with E-state index in [1.807, 2.05) is 77.9 Å². The lowest BCUT2D eigenvalue weighted by Gasteiger charge is -2.16. The zero-order valence-electron chi connectivity index (χ0n) is 69.8. The Labute approximate surface area is 605 Å². The lowest BCUT2D eigenvalue weighted by atomic mass is 9.89. The predicted molar refractivity (Wildman–Crippen MR) is 420 cm³/mol. The molecule has 8 heterocycles. The molecule has 0 bridgehead atoms. The molecular weight excluding hydrogens is 1230 g/mol. The summed E-state index contributed by atoms with van der Waals surface area (Å²) in [6.07, 6.45) is 28.8. The van der Waals surface area contributed by atoms with Crippen molar-refractivity contribution in [3.8, 4) is 0 Å². The van der Waals surface area contributed by atoms with Crippen molar-refractivity contribution in [1.29, 1.82) is 0 Å². The Morgan fingerprint density at radius 2 is 0.576 bits per heavy atom. The molecule has 8 aromatic heterocycles. The molecule has 9 rings (SSSR count). The van der Waals surface area contributed by atoms with Crippen molar-refractivity contribution < 1.29 is 0 Å². The van der Waals surface area contributed by atoms with Crippen LogP contribution in [0.5, 0.6) is 0 Å². The van der Waals surface area contributed by atoms with Gasteiger partial charge in [0.15, 0.2) is 0 Å². The molecule has 562 valence electrons. The maximum atomic E-state index is 4.43. The average Bonchev–Trinajstić information content (AvgIpc) is 1.92. The Kier molecular flexibility index (Phi) is 41.5. The third kappa shape index (κ3) is 34.2. The van der Waals surface area contributed by atoms with Crippen molar-refractivity contribution >= 4 is 0 Å². The number of hydrogen-bond acceptors (Lipinski definition) is 10. The molecule has 2 unspecified atom stereocenters. The second kappa shape index (κ2) is 45.4. The van der Waals surface area contributed by atoms with E-state index < -0.39 is 0 Å². The number of hydrogen-bond donors (Lipinski definition) is 0. The number of imidazole rings is 2. The van der Waals surface area contributed by atoms with Gasteiger partial charge in [-0.1, -0.05) is 149 Å². The second-order valence-corrected chi connectivity index (χ2v) is 32.5. The van der Waals surface area contributed by atoms with E-state index in [4.69, 9.17) is 0 Å². The van der Waals surface area contributed by atoms with Crippen molar-refractivity contribution in [2.24, 2.45) is 23.7 Å². The van der Waals surface area contributed by atoms with Gasteiger partial charge in [0.05, 0.1) is 59.2 Å². The van der Waals surface area contributed by atoms with Gasteiger partial charge in [-0.3, -0.25) is 18.7 Å². The van der Waals surface area contributed by atoms with Crippen LogP contribution < -0.4 is 0 Å². The van der Waals surface area contributed by atoms with Crippen molar-refractivity contribution in [2.45, 2.75) is 364 Å². The highest BCUT2D eigenvalue weighted by Crippen LogP contribution is 2.39. The molecule has 0 N–H and O–H groups in total. The summed E-state index contributed by atoms with van der Waals surface area (Å²) in [6.45, 7) is 78.1. The van der Waals surface area contributed by atoms with Crippen LogP contribution in [0.3, 0.4) is 0 Å². The van der Waals surface area contributed by atoms with E-state index in [1.54, 1.807) is 0 Å². The van der Waals surface area contributed by atoms with E-state index in [2.05, 4.69) is 346 Å². The first-order valence-corrected chi connectivity index (χ1v) is 38.1. The molecule has 99 heavy (non-hydrogen) atoms. The summed E-state index contributed by atoms with van der Waals surface area (Å²) in [4.78, 5) is 8.60. The Balaban J connectivity index is 0.000000557. The van der Waals surface area contributed by atoms with Crippen LogP contribution in [0, 0.1) is 23.7 Å². The zero-order chi connectivity index (χ0) is 75.9. The summed E-state index contributed by atoms with van der Waals surface area (Å²) in [6, 6.07) is 7.94. The lowest BCUT2D eigenvalue weighted by Crippen LogP contribution is -2.07. The average molecular weight is 1370 g/mol. The first kappa shape index (κ1) is 90.6. The normalized spacial score (nSPS) is 13.8. The van der Waals surface area contributed by atoms with Crippen LogP contribution in [0.1, 0.15) is 409 Å². The molecule has 1 saturated carbocycles. The highest BCUT2D eigenvalue weighted by atomic mass is 15.4. The molecule has 1 fully saturated rings. The third-order valence-electron chi connectivity index (χ3n) is 17.4. The molecule has 18 nitrogen and oxygen atoms in total. The molecule has 1 aliphatic carbocycles. The van der Waals surface area contributed by atoms with Crippen LogP contribution in [0.4, 0.5) is 0 Å². The topological polar surface area (TPSA) is 168 Å². The van der Waals surface area contributed by atoms with Crippen LogP contribution in [-0.4, -0.2) is 88.2 Å². The summed E-state index contributed by atoms with van der Waals surface area (Å²) >= 11 is 0. The maximum absolute atomic E-state index is 4.43. The van der Waals surface area contributed by atoms with Crippen molar-refractivity contribution in [2.75, 3.05) is 0 Å². The van der Waals surface area contributed by atoms with Gasteiger partial charge in [-0.2, -0.15) is 20.4 Å². The van der Waals surface area contributed by atoms with E-state index in [1.165, 1.54) is 53.2 Å². The van der Waals surface area contributed by atoms with Gasteiger partial charge < -0.3 is 9.13 Å². The fourth-order valence-corrected chi connectivity index (χ4v) is 9.51. The monoisotopic (exact) mass is 1370 g/mol. The molecule has 0 aliphatic heterocycles. The second-order valence-electron chi connectivity index (χ2n) is 32.5. The molecule has 0 radical (unpaired) electrons. The Bertz CT molecular complexity index is 2470. The lowest BCUT2D eigenvalue weighted by molar-refractivity contribution is 0.340. The van der Waals surface area contributed by atoms with Crippen LogP contribution in [0.15, 0.2) is 86.8 Å². The van der Waals surface area contributed by atoms with E-state index in [0.29, 0.717) is 95.7 Å². The Morgan fingerprint density at radius 1 is 0.293 bits per heavy atom. The largest absolute Gasteiger partial charge is 0.335 e. The van der Waals surface area contributed by atoms with E-state index in [0.717, 1.165) is 35.1 Å². The quantitative estimate of drug-likeness (QED) is 0.0806. The molecule has 1 aliphatic rings. The summed E-state index contributed by atoms with van der Waals surface area (Å²) in [7, 11) is 0. The van der Waals surface area contributed by atoms with Gasteiger partial charge in [0, 0.05) is 97.9 Å². The van der Waals surface area contributed by atoms with Gasteiger partial charge in [-0.05, 0) is 224 Å². The highest BCUT2D eigenvalue weighted by molar-refractivity contribution is 5.11. The Hall–Kier alpha value is -6.46. The third-order valence-corrected chi connectivity index (χ3v) is 17.4. The number of rotatable bonds is 18. The number of aromatic nitrogens is 18. The smallest absolute Gasteiger partial charge is 0.0951 e. The van der Waals surface area contributed by atoms with E-state index in [9.17, 15) is 0 Å². The fraction of sp³-hybridized carbons (Fsp3) is 0.728. The maximum Gasteiger partial charge on any atom is 0.0951 e. The molecule has 0 spiro atoms. The standard InChI is InChI=1S/C11H22.6C9H16N2.2C8H15N3/c1-8(2)10-5-6-11(7-10)9(3)4;2*1-7(2)9-5-11(6-10-9)8(3)4;2*1-7(2)9-5-10-11(6-9)8(3)4;2*1-7(2)9-5-6-11(10-9)8(3)4;2*1-6(2)8-5-11(7(3)4)10-9-8/h8-11H,5-7H2,1-4H3;6*5-8H,1-4H3;2*5-7H,1-4H3. The molecule has 2 atom stereocenters. The van der Waals surface area contributed by atoms with Crippen molar-refractivity contribution in [3.63, 3.8) is 0 Å². The summed E-state index contributed by atoms with van der Waals surface area (Å²) in [5.74, 6) is 8.16. The first-order valence-electron chi connectivity index (χ1n) is 38.1. The van der Waals surface area contributed by atoms with Crippen molar-refractivity contribution in [3.05, 3.63) is 132 Å². The van der Waals surface area contributed by atoms with Gasteiger partial charge >= 0.3 is 0 Å². The molecule has 0 aromatic carbocycles. The number of nitrogens with zero attached hydrogens (tertiary/aromatic N) is 18. The summed E-state index contributed by atoms with van der Waals surface area (Å²) in [5, 5.41) is 33.5. The highest BCUT2D eigenvalue weighted by Gasteiger charge is 2.28. The van der Waals surface area contributed by atoms with E-state index in [-0.39, 0.29) is 0 Å². The molecule has 8 aromatic rings. The van der Waals surface area contributed by atoms with Crippen molar-refractivity contribution in [1.82, 2.24) is 88.2 Å². The van der Waals surface area contributed by atoms with Gasteiger partial charge in [-0.25, -0.2) is 19.3 Å². The van der Waals surface area contributed by atoms with Crippen LogP contribution in [0.2, 0.25) is 0 Å². The van der Waals surface area contributed by atoms with Gasteiger partial charge in [0.1, 0.15) is 0 Å².